The van der Waals surface area contributed by atoms with Gasteiger partial charge in [0.25, 0.3) is 0 Å². The van der Waals surface area contributed by atoms with Gasteiger partial charge in [0.2, 0.25) is 5.91 Å². The maximum atomic E-state index is 12.0. The molecule has 1 rings (SSSR count). The summed E-state index contributed by atoms with van der Waals surface area (Å²) in [5.74, 6) is 0.146. The summed E-state index contributed by atoms with van der Waals surface area (Å²) in [5, 5.41) is 0. The van der Waals surface area contributed by atoms with E-state index in [0.717, 1.165) is 19.4 Å². The lowest BCUT2D eigenvalue weighted by Gasteiger charge is -2.30. The summed E-state index contributed by atoms with van der Waals surface area (Å²) in [7, 11) is 0. The second-order valence-electron chi connectivity index (χ2n) is 4.81. The summed E-state index contributed by atoms with van der Waals surface area (Å²) in [5.41, 5.74) is 5.27. The molecular formula is C10H18N2OS. The van der Waals surface area contributed by atoms with Gasteiger partial charge in [-0.25, -0.2) is 0 Å². The normalized spacial score (nSPS) is 22.5. The fourth-order valence-corrected chi connectivity index (χ4v) is 1.98. The zero-order valence-electron chi connectivity index (χ0n) is 9.04. The highest BCUT2D eigenvalue weighted by Crippen LogP contribution is 2.25. The van der Waals surface area contributed by atoms with Gasteiger partial charge in [-0.3, -0.25) is 4.79 Å². The van der Waals surface area contributed by atoms with Gasteiger partial charge in [0.1, 0.15) is 0 Å². The number of amides is 1. The number of nitrogens with zero attached hydrogens (tertiary/aromatic N) is 1. The van der Waals surface area contributed by atoms with E-state index in [9.17, 15) is 4.79 Å². The minimum absolute atomic E-state index is 0.0169. The lowest BCUT2D eigenvalue weighted by Crippen LogP contribution is -2.47. The second-order valence-corrected chi connectivity index (χ2v) is 5.28. The van der Waals surface area contributed by atoms with Gasteiger partial charge < -0.3 is 10.6 Å². The Labute approximate surface area is 90.6 Å². The first-order valence-corrected chi connectivity index (χ1v) is 5.35. The van der Waals surface area contributed by atoms with Gasteiger partial charge in [-0.1, -0.05) is 33.0 Å². The quantitative estimate of drug-likeness (QED) is 0.669. The summed E-state index contributed by atoms with van der Waals surface area (Å²) < 4.78 is 0. The molecule has 1 unspecified atom stereocenters. The van der Waals surface area contributed by atoms with E-state index in [0.29, 0.717) is 4.99 Å². The molecule has 0 aliphatic carbocycles. The number of rotatable bonds is 1. The molecule has 0 aromatic heterocycles. The minimum atomic E-state index is -0.340. The van der Waals surface area contributed by atoms with Crippen LogP contribution in [-0.2, 0) is 4.79 Å². The van der Waals surface area contributed by atoms with Crippen molar-refractivity contribution in [2.24, 2.45) is 11.1 Å². The first-order chi connectivity index (χ1) is 6.34. The molecule has 1 aliphatic rings. The Hall–Kier alpha value is -0.640. The molecule has 1 atom stereocenters. The van der Waals surface area contributed by atoms with E-state index in [2.05, 4.69) is 0 Å². The first-order valence-electron chi connectivity index (χ1n) is 4.94. The SMILES string of the molecule is CC(C)(C)C(=O)N1CCCC1C(N)=S. The molecule has 2 N–H and O–H groups in total. The van der Waals surface area contributed by atoms with Crippen LogP contribution in [0.2, 0.25) is 0 Å². The summed E-state index contributed by atoms with van der Waals surface area (Å²) in [6.45, 7) is 6.55. The van der Waals surface area contributed by atoms with Gasteiger partial charge in [-0.2, -0.15) is 0 Å². The zero-order chi connectivity index (χ0) is 10.9. The van der Waals surface area contributed by atoms with Gasteiger partial charge in [-0.15, -0.1) is 0 Å². The van der Waals surface area contributed by atoms with Crippen LogP contribution >= 0.6 is 12.2 Å². The minimum Gasteiger partial charge on any atom is -0.392 e. The molecule has 0 saturated carbocycles. The fourth-order valence-electron chi connectivity index (χ4n) is 1.74. The third-order valence-corrected chi connectivity index (χ3v) is 2.76. The van der Waals surface area contributed by atoms with E-state index in [1.54, 1.807) is 0 Å². The van der Waals surface area contributed by atoms with E-state index in [1.165, 1.54) is 0 Å². The Kier molecular flexibility index (Phi) is 3.14. The molecule has 80 valence electrons. The van der Waals surface area contributed by atoms with Crippen LogP contribution in [0.5, 0.6) is 0 Å². The largest absolute Gasteiger partial charge is 0.392 e. The number of nitrogens with two attached hydrogens (primary N) is 1. The molecule has 1 amide bonds. The summed E-state index contributed by atoms with van der Waals surface area (Å²) in [6, 6.07) is -0.0169. The predicted octanol–water partition coefficient (Wildman–Crippen LogP) is 1.31. The highest BCUT2D eigenvalue weighted by Gasteiger charge is 2.35. The number of likely N-dealkylation sites (tertiary alicyclic amines) is 1. The van der Waals surface area contributed by atoms with Gasteiger partial charge >= 0.3 is 0 Å². The number of carbonyl (C=O) groups is 1. The lowest BCUT2D eigenvalue weighted by atomic mass is 9.94. The molecular weight excluding hydrogens is 196 g/mol. The average molecular weight is 214 g/mol. The van der Waals surface area contributed by atoms with Gasteiger partial charge in [0.05, 0.1) is 11.0 Å². The van der Waals surface area contributed by atoms with Gasteiger partial charge in [0, 0.05) is 12.0 Å². The summed E-state index contributed by atoms with van der Waals surface area (Å²) >= 11 is 4.96. The fraction of sp³-hybridized carbons (Fsp3) is 0.800. The van der Waals surface area contributed by atoms with Crippen LogP contribution in [0, 0.1) is 5.41 Å². The van der Waals surface area contributed by atoms with Gasteiger partial charge in [-0.05, 0) is 12.8 Å². The Morgan fingerprint density at radius 2 is 2.07 bits per heavy atom. The van der Waals surface area contributed by atoms with Crippen LogP contribution < -0.4 is 5.73 Å². The highest BCUT2D eigenvalue weighted by molar-refractivity contribution is 7.80. The van der Waals surface area contributed by atoms with Crippen molar-refractivity contribution in [3.63, 3.8) is 0 Å². The zero-order valence-corrected chi connectivity index (χ0v) is 9.86. The Morgan fingerprint density at radius 3 is 2.50 bits per heavy atom. The van der Waals surface area contributed by atoms with E-state index in [-0.39, 0.29) is 17.4 Å². The van der Waals surface area contributed by atoms with E-state index in [4.69, 9.17) is 18.0 Å². The Balaban J connectivity index is 2.77. The predicted molar refractivity (Wildman–Crippen MR) is 61.0 cm³/mol. The van der Waals surface area contributed by atoms with E-state index >= 15 is 0 Å². The van der Waals surface area contributed by atoms with Crippen molar-refractivity contribution in [2.45, 2.75) is 39.7 Å². The lowest BCUT2D eigenvalue weighted by molar-refractivity contribution is -0.139. The molecule has 0 spiro atoms. The Bertz CT molecular complexity index is 257. The molecule has 1 aliphatic heterocycles. The molecule has 4 heteroatoms. The maximum Gasteiger partial charge on any atom is 0.228 e. The molecule has 14 heavy (non-hydrogen) atoms. The number of hydrogen-bond donors (Lipinski definition) is 1. The molecule has 0 radical (unpaired) electrons. The van der Waals surface area contributed by atoms with E-state index < -0.39 is 0 Å². The van der Waals surface area contributed by atoms with Crippen molar-refractivity contribution in [2.75, 3.05) is 6.54 Å². The van der Waals surface area contributed by atoms with Crippen LogP contribution in [0.3, 0.4) is 0 Å². The first kappa shape index (κ1) is 11.4. The molecule has 1 saturated heterocycles. The smallest absolute Gasteiger partial charge is 0.228 e. The van der Waals surface area contributed by atoms with Crippen LogP contribution in [0.1, 0.15) is 33.6 Å². The van der Waals surface area contributed by atoms with Crippen LogP contribution in [0.25, 0.3) is 0 Å². The average Bonchev–Trinajstić information content (AvgIpc) is 2.48. The number of thiocarbonyl (C=S) groups is 1. The highest BCUT2D eigenvalue weighted by atomic mass is 32.1. The summed E-state index contributed by atoms with van der Waals surface area (Å²) in [4.78, 5) is 14.3. The topological polar surface area (TPSA) is 46.3 Å². The monoisotopic (exact) mass is 214 g/mol. The van der Waals surface area contributed by atoms with Crippen molar-refractivity contribution < 1.29 is 4.79 Å². The molecule has 1 fully saturated rings. The van der Waals surface area contributed by atoms with Crippen LogP contribution in [0.15, 0.2) is 0 Å². The molecule has 0 aromatic carbocycles. The molecule has 1 heterocycles. The second kappa shape index (κ2) is 3.85. The van der Waals surface area contributed by atoms with Crippen molar-refractivity contribution in [1.82, 2.24) is 4.90 Å². The van der Waals surface area contributed by atoms with Gasteiger partial charge in [0.15, 0.2) is 0 Å². The van der Waals surface area contributed by atoms with Crippen molar-refractivity contribution in [1.29, 1.82) is 0 Å². The van der Waals surface area contributed by atoms with Crippen molar-refractivity contribution in [3.05, 3.63) is 0 Å². The third kappa shape index (κ3) is 2.23. The molecule has 0 bridgehead atoms. The number of hydrogen-bond acceptors (Lipinski definition) is 2. The van der Waals surface area contributed by atoms with Crippen LogP contribution in [0.4, 0.5) is 0 Å². The summed E-state index contributed by atoms with van der Waals surface area (Å²) in [6.07, 6.45) is 1.92. The molecule has 0 aromatic rings. The van der Waals surface area contributed by atoms with E-state index in [1.807, 2.05) is 25.7 Å². The standard InChI is InChI=1S/C10H18N2OS/c1-10(2,3)9(13)12-6-4-5-7(12)8(11)14/h7H,4-6H2,1-3H3,(H2,11,14). The van der Waals surface area contributed by atoms with Crippen molar-refractivity contribution >= 4 is 23.1 Å². The maximum absolute atomic E-state index is 12.0. The number of carbonyl (C=O) groups excluding carboxylic acids is 1. The Morgan fingerprint density at radius 1 is 1.50 bits per heavy atom. The third-order valence-electron chi connectivity index (χ3n) is 2.48. The van der Waals surface area contributed by atoms with Crippen molar-refractivity contribution in [3.8, 4) is 0 Å². The molecule has 3 nitrogen and oxygen atoms in total. The van der Waals surface area contributed by atoms with Crippen LogP contribution in [-0.4, -0.2) is 28.4 Å².